The zero-order valence-electron chi connectivity index (χ0n) is 7.95. The van der Waals surface area contributed by atoms with Gasteiger partial charge < -0.3 is 16.2 Å². The van der Waals surface area contributed by atoms with Crippen LogP contribution in [0.25, 0.3) is 0 Å². The predicted molar refractivity (Wildman–Crippen MR) is 47.6 cm³/mol. The molecule has 1 atom stereocenters. The van der Waals surface area contributed by atoms with E-state index in [1.54, 1.807) is 13.8 Å². The molecule has 0 rings (SSSR count). The summed E-state index contributed by atoms with van der Waals surface area (Å²) in [5, 5.41) is 0. The van der Waals surface area contributed by atoms with Gasteiger partial charge in [-0.25, -0.2) is 4.79 Å². The highest BCUT2D eigenvalue weighted by molar-refractivity contribution is 5.88. The van der Waals surface area contributed by atoms with Crippen molar-refractivity contribution in [3.63, 3.8) is 0 Å². The highest BCUT2D eigenvalue weighted by atomic mass is 16.6. The second-order valence-electron chi connectivity index (χ2n) is 3.10. The van der Waals surface area contributed by atoms with Crippen LogP contribution in [0, 0.1) is 5.92 Å². The van der Waals surface area contributed by atoms with Gasteiger partial charge >= 0.3 is 11.9 Å². The van der Waals surface area contributed by atoms with Gasteiger partial charge in [0.2, 0.25) is 0 Å². The minimum atomic E-state index is -0.748. The molecule has 76 valence electrons. The highest BCUT2D eigenvalue weighted by Crippen LogP contribution is 2.01. The lowest BCUT2D eigenvalue weighted by molar-refractivity contribution is -0.161. The molecule has 0 fully saturated rings. The van der Waals surface area contributed by atoms with E-state index in [1.165, 1.54) is 0 Å². The van der Waals surface area contributed by atoms with Crippen LogP contribution in [0.15, 0.2) is 0 Å². The van der Waals surface area contributed by atoms with Gasteiger partial charge in [-0.15, -0.1) is 0 Å². The molecule has 0 aromatic heterocycles. The molecule has 0 spiro atoms. The van der Waals surface area contributed by atoms with Crippen LogP contribution in [0.5, 0.6) is 0 Å². The second kappa shape index (κ2) is 5.66. The molecule has 0 amide bonds. The van der Waals surface area contributed by atoms with E-state index in [-0.39, 0.29) is 18.9 Å². The van der Waals surface area contributed by atoms with E-state index >= 15 is 0 Å². The van der Waals surface area contributed by atoms with Crippen LogP contribution in [0.3, 0.4) is 0 Å². The topological polar surface area (TPSA) is 95.4 Å². The van der Waals surface area contributed by atoms with Crippen molar-refractivity contribution in [1.82, 2.24) is 0 Å². The molecule has 0 aromatic carbocycles. The highest BCUT2D eigenvalue weighted by Gasteiger charge is 2.21. The first-order valence-corrected chi connectivity index (χ1v) is 4.19. The van der Waals surface area contributed by atoms with Crippen molar-refractivity contribution in [2.24, 2.45) is 17.4 Å². The lowest BCUT2D eigenvalue weighted by Crippen LogP contribution is -2.38. The number of ether oxygens (including phenoxy) is 1. The lowest BCUT2D eigenvalue weighted by atomic mass is 10.1. The fourth-order valence-electron chi connectivity index (χ4n) is 0.621. The quantitative estimate of drug-likeness (QED) is 0.453. The maximum atomic E-state index is 11.1. The minimum Gasteiger partial charge on any atom is -0.392 e. The molecule has 5 nitrogen and oxygen atoms in total. The molecule has 0 aliphatic carbocycles. The van der Waals surface area contributed by atoms with E-state index < -0.39 is 18.0 Å². The monoisotopic (exact) mass is 188 g/mol. The van der Waals surface area contributed by atoms with Crippen molar-refractivity contribution >= 4 is 11.9 Å². The molecule has 0 aromatic rings. The average molecular weight is 188 g/mol. The van der Waals surface area contributed by atoms with Crippen molar-refractivity contribution < 1.29 is 14.3 Å². The minimum absolute atomic E-state index is 0.0382. The fraction of sp³-hybridized carbons (Fsp3) is 0.750. The van der Waals surface area contributed by atoms with Crippen molar-refractivity contribution in [2.75, 3.05) is 6.54 Å². The smallest absolute Gasteiger partial charge is 0.330 e. The summed E-state index contributed by atoms with van der Waals surface area (Å²) in [7, 11) is 0. The third-order valence-corrected chi connectivity index (χ3v) is 1.55. The fourth-order valence-corrected chi connectivity index (χ4v) is 0.621. The van der Waals surface area contributed by atoms with Gasteiger partial charge in [0.1, 0.15) is 6.04 Å². The summed E-state index contributed by atoms with van der Waals surface area (Å²) in [4.78, 5) is 21.9. The summed E-state index contributed by atoms with van der Waals surface area (Å²) in [6, 6.07) is -0.748. The number of hydrogen-bond acceptors (Lipinski definition) is 5. The normalized spacial score (nSPS) is 12.7. The SMILES string of the molecule is CC(C)[C@H](N)C(=O)OC(=O)CCN. The summed E-state index contributed by atoms with van der Waals surface area (Å²) >= 11 is 0. The Morgan fingerprint density at radius 1 is 1.38 bits per heavy atom. The van der Waals surface area contributed by atoms with Gasteiger partial charge in [-0.3, -0.25) is 4.79 Å². The molecule has 0 saturated heterocycles. The third kappa shape index (κ3) is 4.59. The van der Waals surface area contributed by atoms with Crippen LogP contribution >= 0.6 is 0 Å². The number of hydrogen-bond donors (Lipinski definition) is 2. The molecule has 5 heteroatoms. The first-order valence-electron chi connectivity index (χ1n) is 4.19. The maximum absolute atomic E-state index is 11.1. The van der Waals surface area contributed by atoms with Gasteiger partial charge in [-0.2, -0.15) is 0 Å². The Labute approximate surface area is 77.4 Å². The number of esters is 2. The second-order valence-corrected chi connectivity index (χ2v) is 3.10. The van der Waals surface area contributed by atoms with Gasteiger partial charge in [0.25, 0.3) is 0 Å². The van der Waals surface area contributed by atoms with Crippen molar-refractivity contribution in [3.05, 3.63) is 0 Å². The Morgan fingerprint density at radius 3 is 2.31 bits per heavy atom. The molecule has 0 aliphatic heterocycles. The Kier molecular flexibility index (Phi) is 5.25. The first-order chi connectivity index (χ1) is 5.99. The summed E-state index contributed by atoms with van der Waals surface area (Å²) in [6.45, 7) is 3.72. The third-order valence-electron chi connectivity index (χ3n) is 1.55. The number of rotatable bonds is 4. The molecule has 0 aliphatic rings. The molecule has 4 N–H and O–H groups in total. The van der Waals surface area contributed by atoms with Gasteiger partial charge in [-0.1, -0.05) is 13.8 Å². The van der Waals surface area contributed by atoms with Crippen LogP contribution in [0.4, 0.5) is 0 Å². The van der Waals surface area contributed by atoms with Crippen LogP contribution in [0.1, 0.15) is 20.3 Å². The largest absolute Gasteiger partial charge is 0.392 e. The number of nitrogens with two attached hydrogens (primary N) is 2. The zero-order valence-corrected chi connectivity index (χ0v) is 7.95. The molecule has 13 heavy (non-hydrogen) atoms. The van der Waals surface area contributed by atoms with Crippen LogP contribution in [-0.2, 0) is 14.3 Å². The Hall–Kier alpha value is -0.940. The average Bonchev–Trinajstić information content (AvgIpc) is 2.03. The molecule has 0 unspecified atom stereocenters. The van der Waals surface area contributed by atoms with Crippen LogP contribution in [-0.4, -0.2) is 24.5 Å². The summed E-state index contributed by atoms with van der Waals surface area (Å²) in [6.07, 6.45) is 0.0382. The summed E-state index contributed by atoms with van der Waals surface area (Å²) < 4.78 is 4.43. The molecular formula is C8H16N2O3. The lowest BCUT2D eigenvalue weighted by Gasteiger charge is -2.12. The molecule has 0 heterocycles. The molecule has 0 saturated carbocycles. The Bertz CT molecular complexity index is 192. The zero-order chi connectivity index (χ0) is 10.4. The van der Waals surface area contributed by atoms with E-state index in [0.29, 0.717) is 0 Å². The van der Waals surface area contributed by atoms with Gasteiger partial charge in [0.15, 0.2) is 0 Å². The Morgan fingerprint density at radius 2 is 1.92 bits per heavy atom. The van der Waals surface area contributed by atoms with Crippen molar-refractivity contribution in [2.45, 2.75) is 26.3 Å². The van der Waals surface area contributed by atoms with E-state index in [9.17, 15) is 9.59 Å². The predicted octanol–water partition coefficient (Wildman–Crippen LogP) is -0.612. The van der Waals surface area contributed by atoms with Gasteiger partial charge in [0.05, 0.1) is 6.42 Å². The molecule has 0 bridgehead atoms. The van der Waals surface area contributed by atoms with Crippen LogP contribution in [0.2, 0.25) is 0 Å². The van der Waals surface area contributed by atoms with Gasteiger partial charge in [-0.05, 0) is 5.92 Å². The van der Waals surface area contributed by atoms with E-state index in [2.05, 4.69) is 4.74 Å². The molecular weight excluding hydrogens is 172 g/mol. The van der Waals surface area contributed by atoms with Gasteiger partial charge in [0, 0.05) is 6.54 Å². The maximum Gasteiger partial charge on any atom is 0.330 e. The Balaban J connectivity index is 3.93. The standard InChI is InChI=1S/C8H16N2O3/c1-5(2)7(10)8(12)13-6(11)3-4-9/h5,7H,3-4,9-10H2,1-2H3/t7-/m0/s1. The molecule has 0 radical (unpaired) electrons. The summed E-state index contributed by atoms with van der Waals surface area (Å²) in [5.41, 5.74) is 10.5. The number of carbonyl (C=O) groups excluding carboxylic acids is 2. The van der Waals surface area contributed by atoms with E-state index in [0.717, 1.165) is 0 Å². The van der Waals surface area contributed by atoms with Crippen molar-refractivity contribution in [1.29, 1.82) is 0 Å². The van der Waals surface area contributed by atoms with Crippen molar-refractivity contribution in [3.8, 4) is 0 Å². The van der Waals surface area contributed by atoms with E-state index in [4.69, 9.17) is 11.5 Å². The summed E-state index contributed by atoms with van der Waals surface area (Å²) in [5.74, 6) is -1.35. The number of carbonyl (C=O) groups is 2. The van der Waals surface area contributed by atoms with Crippen LogP contribution < -0.4 is 11.5 Å². The van der Waals surface area contributed by atoms with E-state index in [1.807, 2.05) is 0 Å². The first kappa shape index (κ1) is 12.1.